The summed E-state index contributed by atoms with van der Waals surface area (Å²) in [7, 11) is 0. The Bertz CT molecular complexity index is 3400. The Morgan fingerprint density at radius 2 is 0.836 bits per heavy atom. The summed E-state index contributed by atoms with van der Waals surface area (Å²) in [6.45, 7) is 0. The molecule has 0 aliphatic carbocycles. The van der Waals surface area contributed by atoms with E-state index >= 15 is 4.79 Å². The van der Waals surface area contributed by atoms with Gasteiger partial charge in [-0.15, -0.1) is 0 Å². The van der Waals surface area contributed by atoms with Gasteiger partial charge < -0.3 is 14.2 Å². The van der Waals surface area contributed by atoms with Gasteiger partial charge in [0.2, 0.25) is 0 Å². The summed E-state index contributed by atoms with van der Waals surface area (Å²) in [5.74, 6) is -0.264. The molecule has 1 unspecified atom stereocenters. The van der Waals surface area contributed by atoms with E-state index in [0.29, 0.717) is 22.5 Å². The van der Waals surface area contributed by atoms with Gasteiger partial charge >= 0.3 is 0 Å². The van der Waals surface area contributed by atoms with Crippen LogP contribution in [0.2, 0.25) is 0 Å². The van der Waals surface area contributed by atoms with Gasteiger partial charge in [0.25, 0.3) is 5.91 Å². The van der Waals surface area contributed by atoms with Crippen LogP contribution in [-0.4, -0.2) is 20.1 Å². The smallest absolute Gasteiger partial charge is 0.263 e. The number of anilines is 1. The van der Waals surface area contributed by atoms with E-state index in [0.717, 1.165) is 71.9 Å². The Balaban J connectivity index is 1.13. The molecule has 2 aromatic heterocycles. The largest absolute Gasteiger partial charge is 0.369 e. The second-order valence-electron chi connectivity index (χ2n) is 15.7. The van der Waals surface area contributed by atoms with Crippen LogP contribution >= 0.6 is 0 Å². The predicted molar refractivity (Wildman–Crippen MR) is 250 cm³/mol. The molecule has 3 heterocycles. The SMILES string of the molecule is O=C1c2c(cccc2-n2c3ccccc3c3cccc(-n4c5ccccc5c5ccccc54)c32)C(O)N1c1c(-c2ccccc2)cc(-c2ccccc2)cc1-c1ccccc1. The molecular formula is C56H37N3O2. The van der Waals surface area contributed by atoms with E-state index in [1.165, 1.54) is 10.8 Å². The third kappa shape index (κ3) is 5.28. The van der Waals surface area contributed by atoms with Crippen molar-refractivity contribution in [3.63, 3.8) is 0 Å². The zero-order chi connectivity index (χ0) is 40.6. The second kappa shape index (κ2) is 13.8. The van der Waals surface area contributed by atoms with Crippen LogP contribution < -0.4 is 4.90 Å². The fourth-order valence-electron chi connectivity index (χ4n) is 9.77. The van der Waals surface area contributed by atoms with Gasteiger partial charge in [0.05, 0.1) is 44.7 Å². The number of fused-ring (bicyclic) bond motifs is 7. The van der Waals surface area contributed by atoms with Crippen LogP contribution in [0.5, 0.6) is 0 Å². The van der Waals surface area contributed by atoms with Crippen molar-refractivity contribution in [1.82, 2.24) is 9.13 Å². The summed E-state index contributed by atoms with van der Waals surface area (Å²) in [6, 6.07) is 72.8. The van der Waals surface area contributed by atoms with Gasteiger partial charge in [-0.25, -0.2) is 0 Å². The van der Waals surface area contributed by atoms with E-state index in [1.54, 1.807) is 4.90 Å². The summed E-state index contributed by atoms with van der Waals surface area (Å²) < 4.78 is 4.59. The lowest BCUT2D eigenvalue weighted by atomic mass is 9.90. The number of aliphatic hydroxyl groups excluding tert-OH is 1. The Labute approximate surface area is 352 Å². The Morgan fingerprint density at radius 3 is 1.41 bits per heavy atom. The summed E-state index contributed by atoms with van der Waals surface area (Å²) in [6.07, 6.45) is -1.25. The fraction of sp³-hybridized carbons (Fsp3) is 0.0179. The van der Waals surface area contributed by atoms with Crippen LogP contribution in [0.1, 0.15) is 22.1 Å². The first kappa shape index (κ1) is 35.0. The number of hydrogen-bond acceptors (Lipinski definition) is 2. The number of carbonyl (C=O) groups is 1. The molecule has 0 radical (unpaired) electrons. The van der Waals surface area contributed by atoms with Crippen molar-refractivity contribution in [2.45, 2.75) is 6.23 Å². The highest BCUT2D eigenvalue weighted by Crippen LogP contribution is 2.50. The minimum atomic E-state index is -1.25. The molecule has 61 heavy (non-hydrogen) atoms. The van der Waals surface area contributed by atoms with Crippen LogP contribution in [0.15, 0.2) is 212 Å². The number of para-hydroxylation sites is 4. The molecule has 9 aromatic carbocycles. The maximum Gasteiger partial charge on any atom is 0.263 e. The van der Waals surface area contributed by atoms with Gasteiger partial charge in [0.1, 0.15) is 0 Å². The number of aliphatic hydroxyl groups is 1. The minimum Gasteiger partial charge on any atom is -0.369 e. The van der Waals surface area contributed by atoms with E-state index < -0.39 is 6.23 Å². The average molecular weight is 784 g/mol. The highest BCUT2D eigenvalue weighted by molar-refractivity contribution is 6.19. The van der Waals surface area contributed by atoms with Crippen molar-refractivity contribution in [2.75, 3.05) is 4.90 Å². The molecule has 1 aliphatic heterocycles. The predicted octanol–water partition coefficient (Wildman–Crippen LogP) is 13.5. The highest BCUT2D eigenvalue weighted by atomic mass is 16.3. The van der Waals surface area contributed by atoms with Crippen LogP contribution in [0, 0.1) is 0 Å². The summed E-state index contributed by atoms with van der Waals surface area (Å²) in [4.78, 5) is 17.3. The number of hydrogen-bond donors (Lipinski definition) is 1. The summed E-state index contributed by atoms with van der Waals surface area (Å²) >= 11 is 0. The maximum atomic E-state index is 15.7. The van der Waals surface area contributed by atoms with Crippen molar-refractivity contribution in [2.24, 2.45) is 0 Å². The van der Waals surface area contributed by atoms with Crippen molar-refractivity contribution >= 4 is 55.2 Å². The first-order chi connectivity index (χ1) is 30.2. The zero-order valence-electron chi connectivity index (χ0n) is 33.0. The minimum absolute atomic E-state index is 0.264. The molecule has 1 aliphatic rings. The molecular weight excluding hydrogens is 747 g/mol. The first-order valence-electron chi connectivity index (χ1n) is 20.7. The normalized spacial score (nSPS) is 13.8. The van der Waals surface area contributed by atoms with E-state index in [1.807, 2.05) is 72.8 Å². The molecule has 5 nitrogen and oxygen atoms in total. The maximum absolute atomic E-state index is 15.7. The molecule has 288 valence electrons. The highest BCUT2D eigenvalue weighted by Gasteiger charge is 2.41. The molecule has 11 aromatic rings. The third-order valence-corrected chi connectivity index (χ3v) is 12.4. The summed E-state index contributed by atoms with van der Waals surface area (Å²) in [5.41, 5.74) is 13.2. The van der Waals surface area contributed by atoms with E-state index in [2.05, 4.69) is 149 Å². The van der Waals surface area contributed by atoms with Gasteiger partial charge in [-0.1, -0.05) is 170 Å². The Hall–Kier alpha value is -7.99. The number of amides is 1. The molecule has 1 N–H and O–H groups in total. The molecule has 12 rings (SSSR count). The average Bonchev–Trinajstić information content (AvgIpc) is 3.94. The van der Waals surface area contributed by atoms with Gasteiger partial charge in [-0.2, -0.15) is 0 Å². The van der Waals surface area contributed by atoms with Crippen LogP contribution in [-0.2, 0) is 0 Å². The molecule has 0 fully saturated rings. The van der Waals surface area contributed by atoms with Crippen LogP contribution in [0.3, 0.4) is 0 Å². The van der Waals surface area contributed by atoms with Crippen LogP contribution in [0.4, 0.5) is 5.69 Å². The number of rotatable bonds is 6. The zero-order valence-corrected chi connectivity index (χ0v) is 33.0. The third-order valence-electron chi connectivity index (χ3n) is 12.4. The van der Waals surface area contributed by atoms with Crippen molar-refractivity contribution < 1.29 is 9.90 Å². The number of carbonyl (C=O) groups excluding carboxylic acids is 1. The van der Waals surface area contributed by atoms with Crippen molar-refractivity contribution in [3.8, 4) is 44.8 Å². The van der Waals surface area contributed by atoms with E-state index in [9.17, 15) is 5.11 Å². The number of nitrogens with zero attached hydrogens (tertiary/aromatic N) is 3. The van der Waals surface area contributed by atoms with Gasteiger partial charge in [0, 0.05) is 38.2 Å². The van der Waals surface area contributed by atoms with Crippen molar-refractivity contribution in [1.29, 1.82) is 0 Å². The second-order valence-corrected chi connectivity index (χ2v) is 15.7. The van der Waals surface area contributed by atoms with E-state index in [4.69, 9.17) is 0 Å². The quantitative estimate of drug-likeness (QED) is 0.183. The molecule has 0 saturated carbocycles. The monoisotopic (exact) mass is 783 g/mol. The number of aromatic nitrogens is 2. The van der Waals surface area contributed by atoms with E-state index in [-0.39, 0.29) is 5.91 Å². The van der Waals surface area contributed by atoms with Crippen LogP contribution in [0.25, 0.3) is 88.4 Å². The molecule has 0 bridgehead atoms. The Morgan fingerprint density at radius 1 is 0.393 bits per heavy atom. The summed E-state index contributed by atoms with van der Waals surface area (Å²) in [5, 5.41) is 17.2. The van der Waals surface area contributed by atoms with Crippen molar-refractivity contribution in [3.05, 3.63) is 223 Å². The van der Waals surface area contributed by atoms with Gasteiger partial charge in [-0.3, -0.25) is 9.69 Å². The first-order valence-corrected chi connectivity index (χ1v) is 20.7. The lowest BCUT2D eigenvalue weighted by molar-refractivity contribution is 0.0935. The number of benzene rings is 9. The lowest BCUT2D eigenvalue weighted by Crippen LogP contribution is -2.29. The molecule has 1 amide bonds. The molecule has 0 spiro atoms. The lowest BCUT2D eigenvalue weighted by Gasteiger charge is -2.28. The molecule has 0 saturated heterocycles. The van der Waals surface area contributed by atoms with Gasteiger partial charge in [-0.05, 0) is 64.7 Å². The molecule has 1 atom stereocenters. The molecule has 5 heteroatoms. The Kier molecular flexibility index (Phi) is 7.92. The standard InChI is InChI=1S/C56H37N3O2/c60-55-44-28-17-32-50(58-49-31-15-12-26-42(49)43-27-16-33-51(54(43)58)57-47-29-13-10-24-40(47)41-25-11-14-30-48(41)57)52(44)56(61)59(55)53-45(37-20-6-2-7-21-37)34-39(36-18-4-1-5-19-36)35-46(53)38-22-8-3-9-23-38/h1-35,55,60H. The topological polar surface area (TPSA) is 50.4 Å². The van der Waals surface area contributed by atoms with Gasteiger partial charge in [0.15, 0.2) is 6.23 Å². The fourth-order valence-corrected chi connectivity index (χ4v) is 9.77.